The molecule has 1 aliphatic rings. The quantitative estimate of drug-likeness (QED) is 0.297. The molecule has 2 rings (SSSR count). The molecule has 0 aliphatic carbocycles. The van der Waals surface area contributed by atoms with Gasteiger partial charge in [0.05, 0.1) is 0 Å². The highest BCUT2D eigenvalue weighted by Gasteiger charge is 2.33. The van der Waals surface area contributed by atoms with Gasteiger partial charge in [0.15, 0.2) is 5.84 Å². The van der Waals surface area contributed by atoms with Crippen molar-refractivity contribution in [3.63, 3.8) is 0 Å². The summed E-state index contributed by atoms with van der Waals surface area (Å²) in [5.74, 6) is -0.661. The van der Waals surface area contributed by atoms with Gasteiger partial charge in [0, 0.05) is 31.3 Å². The molecule has 1 fully saturated rings. The van der Waals surface area contributed by atoms with Crippen LogP contribution >= 0.6 is 0 Å². The van der Waals surface area contributed by atoms with Crippen LogP contribution in [0.1, 0.15) is 32.3 Å². The number of carbonyl (C=O) groups is 3. The van der Waals surface area contributed by atoms with Gasteiger partial charge < -0.3 is 26.1 Å². The Hall–Kier alpha value is -3.10. The normalized spacial score (nSPS) is 17.2. The monoisotopic (exact) mass is 361 g/mol. The second-order valence-corrected chi connectivity index (χ2v) is 5.84. The summed E-state index contributed by atoms with van der Waals surface area (Å²) in [4.78, 5) is 41.1. The molecule has 26 heavy (non-hydrogen) atoms. The third-order valence-electron chi connectivity index (χ3n) is 3.79. The molecule has 0 bridgehead atoms. The van der Waals surface area contributed by atoms with Crippen molar-refractivity contribution in [1.82, 2.24) is 10.6 Å². The fraction of sp³-hybridized carbons (Fsp3) is 0.412. The minimum atomic E-state index is -0.561. The Morgan fingerprint density at radius 2 is 2.04 bits per heavy atom. The first-order valence-corrected chi connectivity index (χ1v) is 8.39. The second kappa shape index (κ2) is 8.84. The van der Waals surface area contributed by atoms with Gasteiger partial charge in [-0.3, -0.25) is 4.79 Å². The summed E-state index contributed by atoms with van der Waals surface area (Å²) in [5.41, 5.74) is 6.99. The van der Waals surface area contributed by atoms with E-state index in [1.54, 1.807) is 29.2 Å². The lowest BCUT2D eigenvalue weighted by molar-refractivity contribution is -0.140. The summed E-state index contributed by atoms with van der Waals surface area (Å²) in [7, 11) is 0. The summed E-state index contributed by atoms with van der Waals surface area (Å²) in [6.45, 7) is 4.25. The molecule has 1 heterocycles. The number of hydrogen-bond donors (Lipinski definition) is 3. The summed E-state index contributed by atoms with van der Waals surface area (Å²) >= 11 is 0. The van der Waals surface area contributed by atoms with E-state index >= 15 is 0 Å². The highest BCUT2D eigenvalue weighted by atomic mass is 16.7. The zero-order valence-electron chi connectivity index (χ0n) is 14.8. The minimum absolute atomic E-state index is 0.0617. The van der Waals surface area contributed by atoms with Crippen LogP contribution in [0.5, 0.6) is 0 Å². The van der Waals surface area contributed by atoms with Crippen LogP contribution in [0, 0.1) is 0 Å². The maximum Gasteiger partial charge on any atom is 0.332 e. The second-order valence-electron chi connectivity index (χ2n) is 5.84. The molecule has 0 radical (unpaired) electrons. The lowest BCUT2D eigenvalue weighted by atomic mass is 10.2. The van der Waals surface area contributed by atoms with E-state index in [0.717, 1.165) is 6.42 Å². The van der Waals surface area contributed by atoms with E-state index < -0.39 is 12.0 Å². The van der Waals surface area contributed by atoms with Gasteiger partial charge in [-0.2, -0.15) is 0 Å². The van der Waals surface area contributed by atoms with Gasteiger partial charge in [0.25, 0.3) is 0 Å². The highest BCUT2D eigenvalue weighted by Crippen LogP contribution is 2.22. The zero-order valence-corrected chi connectivity index (χ0v) is 14.8. The van der Waals surface area contributed by atoms with E-state index in [1.165, 1.54) is 6.92 Å². The number of nitrogens with two attached hydrogens (primary N) is 1. The number of nitrogens with one attached hydrogen (secondary N) is 2. The lowest BCUT2D eigenvalue weighted by Gasteiger charge is -2.17. The SMILES string of the molecule is CCCNC(=O)N[C@H]1CCN(c2ccc(/C(N)=N/OC(C)=O)cc2)C1=O. The smallest absolute Gasteiger partial charge is 0.332 e. The molecule has 1 aromatic rings. The van der Waals surface area contributed by atoms with E-state index in [-0.39, 0.29) is 17.8 Å². The van der Waals surface area contributed by atoms with Gasteiger partial charge in [-0.25, -0.2) is 9.59 Å². The van der Waals surface area contributed by atoms with Crippen molar-refractivity contribution < 1.29 is 19.2 Å². The standard InChI is InChI=1S/C17H23N5O4/c1-3-9-19-17(25)20-14-8-10-22(16(14)24)13-6-4-12(5-7-13)15(18)21-26-11(2)23/h4-7,14H,3,8-10H2,1-2H3,(H2,18,21)(H2,19,20,25)/t14-/m0/s1. The molecule has 9 heteroatoms. The topological polar surface area (TPSA) is 126 Å². The summed E-state index contributed by atoms with van der Waals surface area (Å²) < 4.78 is 0. The fourth-order valence-electron chi connectivity index (χ4n) is 2.50. The van der Waals surface area contributed by atoms with Crippen LogP contribution in [-0.4, -0.2) is 42.9 Å². The molecule has 0 spiro atoms. The molecule has 1 aliphatic heterocycles. The predicted molar refractivity (Wildman–Crippen MR) is 96.5 cm³/mol. The van der Waals surface area contributed by atoms with Crippen molar-refractivity contribution in [3.05, 3.63) is 29.8 Å². The fourth-order valence-corrected chi connectivity index (χ4v) is 2.50. The zero-order chi connectivity index (χ0) is 19.1. The summed E-state index contributed by atoms with van der Waals surface area (Å²) in [5, 5.41) is 8.90. The third-order valence-corrected chi connectivity index (χ3v) is 3.79. The van der Waals surface area contributed by atoms with Crippen LogP contribution in [0.2, 0.25) is 0 Å². The molecule has 1 atom stereocenters. The molecule has 9 nitrogen and oxygen atoms in total. The van der Waals surface area contributed by atoms with E-state index in [9.17, 15) is 14.4 Å². The van der Waals surface area contributed by atoms with Gasteiger partial charge in [-0.05, 0) is 37.1 Å². The average Bonchev–Trinajstić information content (AvgIpc) is 2.98. The van der Waals surface area contributed by atoms with Crippen molar-refractivity contribution in [2.24, 2.45) is 10.9 Å². The Labute approximate surface area is 151 Å². The summed E-state index contributed by atoms with van der Waals surface area (Å²) in [6.07, 6.45) is 1.37. The van der Waals surface area contributed by atoms with Crippen LogP contribution < -0.4 is 21.3 Å². The van der Waals surface area contributed by atoms with Gasteiger partial charge in [0.1, 0.15) is 6.04 Å². The molecule has 1 aromatic carbocycles. The number of anilines is 1. The Balaban J connectivity index is 1.99. The molecular formula is C17H23N5O4. The first-order chi connectivity index (χ1) is 12.4. The molecular weight excluding hydrogens is 338 g/mol. The van der Waals surface area contributed by atoms with E-state index in [4.69, 9.17) is 5.73 Å². The van der Waals surface area contributed by atoms with Crippen LogP contribution in [0.25, 0.3) is 0 Å². The predicted octanol–water partition coefficient (Wildman–Crippen LogP) is 0.685. The van der Waals surface area contributed by atoms with Crippen molar-refractivity contribution in [2.75, 3.05) is 18.0 Å². The van der Waals surface area contributed by atoms with Crippen LogP contribution in [0.4, 0.5) is 10.5 Å². The van der Waals surface area contributed by atoms with Crippen LogP contribution in [0.3, 0.4) is 0 Å². The Bertz CT molecular complexity index is 702. The maximum atomic E-state index is 12.5. The van der Waals surface area contributed by atoms with Gasteiger partial charge in [-0.1, -0.05) is 12.1 Å². The molecule has 1 saturated heterocycles. The van der Waals surface area contributed by atoms with Crippen molar-refractivity contribution in [1.29, 1.82) is 0 Å². The van der Waals surface area contributed by atoms with E-state index in [2.05, 4.69) is 20.6 Å². The average molecular weight is 361 g/mol. The number of amides is 3. The number of urea groups is 1. The van der Waals surface area contributed by atoms with Gasteiger partial charge in [0.2, 0.25) is 5.91 Å². The van der Waals surface area contributed by atoms with Crippen molar-refractivity contribution in [3.8, 4) is 0 Å². The number of amidine groups is 1. The number of benzene rings is 1. The summed E-state index contributed by atoms with van der Waals surface area (Å²) in [6, 6.07) is 5.93. The van der Waals surface area contributed by atoms with Crippen molar-refractivity contribution in [2.45, 2.75) is 32.7 Å². The van der Waals surface area contributed by atoms with Crippen LogP contribution in [-0.2, 0) is 14.4 Å². The first kappa shape index (κ1) is 19.2. The number of hydrogen-bond acceptors (Lipinski definition) is 5. The molecule has 0 saturated carbocycles. The van der Waals surface area contributed by atoms with Crippen LogP contribution in [0.15, 0.2) is 29.4 Å². The number of rotatable bonds is 6. The molecule has 3 amide bonds. The van der Waals surface area contributed by atoms with E-state index in [0.29, 0.717) is 30.8 Å². The Kier molecular flexibility index (Phi) is 6.54. The molecule has 4 N–H and O–H groups in total. The van der Waals surface area contributed by atoms with Gasteiger partial charge >= 0.3 is 12.0 Å². The minimum Gasteiger partial charge on any atom is -0.380 e. The number of nitrogens with zero attached hydrogens (tertiary/aromatic N) is 2. The van der Waals surface area contributed by atoms with E-state index in [1.807, 2.05) is 6.92 Å². The number of carbonyl (C=O) groups excluding carboxylic acids is 3. The van der Waals surface area contributed by atoms with Gasteiger partial charge in [-0.15, -0.1) is 0 Å². The molecule has 0 aromatic heterocycles. The number of oxime groups is 1. The third kappa shape index (κ3) is 4.95. The lowest BCUT2D eigenvalue weighted by Crippen LogP contribution is -2.46. The highest BCUT2D eigenvalue weighted by molar-refractivity contribution is 6.02. The maximum absolute atomic E-state index is 12.5. The largest absolute Gasteiger partial charge is 0.380 e. The van der Waals surface area contributed by atoms with Crippen molar-refractivity contribution >= 4 is 29.4 Å². The Morgan fingerprint density at radius 1 is 1.35 bits per heavy atom. The first-order valence-electron chi connectivity index (χ1n) is 8.39. The Morgan fingerprint density at radius 3 is 2.65 bits per heavy atom. The molecule has 0 unspecified atom stereocenters. The molecule has 140 valence electrons.